The molecule has 0 N–H and O–H groups in total. The SMILES string of the molecule is Cl[Si](Cl)(CCCI)c1cccs1. The quantitative estimate of drug-likeness (QED) is 0.336. The van der Waals surface area contributed by atoms with E-state index in [0.29, 0.717) is 0 Å². The summed E-state index contributed by atoms with van der Waals surface area (Å²) in [5, 5.41) is 2.03. The van der Waals surface area contributed by atoms with E-state index in [2.05, 4.69) is 22.6 Å². The van der Waals surface area contributed by atoms with Crippen LogP contribution in [-0.2, 0) is 0 Å². The second-order valence-electron chi connectivity index (χ2n) is 2.47. The molecular weight excluding hydrogens is 342 g/mol. The zero-order valence-corrected chi connectivity index (χ0v) is 11.9. The van der Waals surface area contributed by atoms with Crippen LogP contribution in [0.15, 0.2) is 17.5 Å². The molecule has 0 unspecified atom stereocenters. The largest absolute Gasteiger partial charge is 0.290 e. The van der Waals surface area contributed by atoms with Crippen LogP contribution in [0.5, 0.6) is 0 Å². The average Bonchev–Trinajstić information content (AvgIpc) is 2.53. The summed E-state index contributed by atoms with van der Waals surface area (Å²) in [6.45, 7) is -2.09. The first-order valence-corrected chi connectivity index (χ1v) is 10.3. The summed E-state index contributed by atoms with van der Waals surface area (Å²) >= 11 is 16.6. The molecule has 68 valence electrons. The Morgan fingerprint density at radius 1 is 1.50 bits per heavy atom. The zero-order chi connectivity index (χ0) is 9.03. The molecule has 1 aromatic heterocycles. The minimum Gasteiger partial charge on any atom is -0.151 e. The van der Waals surface area contributed by atoms with Crippen LogP contribution in [0.1, 0.15) is 6.42 Å². The minimum absolute atomic E-state index is 0.972. The third-order valence-corrected chi connectivity index (χ3v) is 9.25. The molecule has 0 fully saturated rings. The summed E-state index contributed by atoms with van der Waals surface area (Å²) < 4.78 is 2.33. The van der Waals surface area contributed by atoms with Crippen molar-refractivity contribution in [1.29, 1.82) is 0 Å². The highest BCUT2D eigenvalue weighted by Crippen LogP contribution is 2.24. The Morgan fingerprint density at radius 2 is 2.25 bits per heavy atom. The van der Waals surface area contributed by atoms with Crippen molar-refractivity contribution in [2.75, 3.05) is 4.43 Å². The molecule has 0 amide bonds. The summed E-state index contributed by atoms with van der Waals surface area (Å²) in [4.78, 5) is 0. The van der Waals surface area contributed by atoms with E-state index in [9.17, 15) is 0 Å². The third-order valence-electron chi connectivity index (χ3n) is 1.51. The predicted octanol–water partition coefficient (Wildman–Crippen LogP) is 3.70. The Bertz CT molecular complexity index is 225. The lowest BCUT2D eigenvalue weighted by molar-refractivity contribution is 1.11. The van der Waals surface area contributed by atoms with Gasteiger partial charge in [0.2, 0.25) is 0 Å². The van der Waals surface area contributed by atoms with E-state index in [1.54, 1.807) is 11.3 Å². The Balaban J connectivity index is 2.59. The Labute approximate surface area is 101 Å². The van der Waals surface area contributed by atoms with Crippen molar-refractivity contribution >= 4 is 67.3 Å². The van der Waals surface area contributed by atoms with Crippen LogP contribution in [0.25, 0.3) is 0 Å². The number of hydrogen-bond donors (Lipinski definition) is 0. The fourth-order valence-electron chi connectivity index (χ4n) is 0.899. The molecule has 0 spiro atoms. The molecule has 0 atom stereocenters. The fourth-order valence-corrected chi connectivity index (χ4v) is 6.85. The second-order valence-corrected chi connectivity index (χ2v) is 11.8. The van der Waals surface area contributed by atoms with E-state index in [1.165, 1.54) is 4.50 Å². The van der Waals surface area contributed by atoms with Gasteiger partial charge >= 0.3 is 0 Å². The molecule has 5 heteroatoms. The van der Waals surface area contributed by atoms with Gasteiger partial charge in [0, 0.05) is 4.50 Å². The van der Waals surface area contributed by atoms with Gasteiger partial charge in [0.1, 0.15) is 0 Å². The summed E-state index contributed by atoms with van der Waals surface area (Å²) in [5.74, 6) is 0. The highest BCUT2D eigenvalue weighted by atomic mass is 127. The van der Waals surface area contributed by atoms with Crippen molar-refractivity contribution in [3.05, 3.63) is 17.5 Å². The number of thiophene rings is 1. The maximum atomic E-state index is 6.29. The van der Waals surface area contributed by atoms with Gasteiger partial charge in [0.15, 0.2) is 0 Å². The topological polar surface area (TPSA) is 0 Å². The van der Waals surface area contributed by atoms with Crippen LogP contribution >= 0.6 is 56.1 Å². The number of halogens is 3. The van der Waals surface area contributed by atoms with Gasteiger partial charge in [-0.05, 0) is 28.3 Å². The Hall–Kier alpha value is 1.23. The maximum Gasteiger partial charge on any atom is 0.290 e. The molecule has 0 nitrogen and oxygen atoms in total. The fraction of sp³-hybridized carbons (Fsp3) is 0.429. The average molecular weight is 351 g/mol. The van der Waals surface area contributed by atoms with Crippen LogP contribution in [0.3, 0.4) is 0 Å². The van der Waals surface area contributed by atoms with E-state index >= 15 is 0 Å². The van der Waals surface area contributed by atoms with Crippen LogP contribution in [0.4, 0.5) is 0 Å². The molecule has 1 rings (SSSR count). The molecule has 0 aliphatic heterocycles. The van der Waals surface area contributed by atoms with Crippen LogP contribution in [0, 0.1) is 0 Å². The molecule has 0 aliphatic carbocycles. The van der Waals surface area contributed by atoms with Gasteiger partial charge in [0.05, 0.1) is 0 Å². The monoisotopic (exact) mass is 350 g/mol. The lowest BCUT2D eigenvalue weighted by Gasteiger charge is -2.13. The lowest BCUT2D eigenvalue weighted by atomic mass is 10.6. The maximum absolute atomic E-state index is 6.29. The smallest absolute Gasteiger partial charge is 0.151 e. The molecule has 0 aromatic carbocycles. The molecule has 0 saturated heterocycles. The molecular formula is C7H9Cl2ISSi. The number of alkyl halides is 1. The van der Waals surface area contributed by atoms with Gasteiger partial charge in [-0.1, -0.05) is 28.7 Å². The van der Waals surface area contributed by atoms with Crippen molar-refractivity contribution < 1.29 is 0 Å². The van der Waals surface area contributed by atoms with E-state index in [1.807, 2.05) is 17.5 Å². The summed E-state index contributed by atoms with van der Waals surface area (Å²) in [6, 6.07) is 5.03. The van der Waals surface area contributed by atoms with Gasteiger partial charge in [-0.3, -0.25) is 0 Å². The molecule has 0 bridgehead atoms. The third kappa shape index (κ3) is 3.18. The predicted molar refractivity (Wildman–Crippen MR) is 69.7 cm³/mol. The van der Waals surface area contributed by atoms with Gasteiger partial charge in [0.25, 0.3) is 6.69 Å². The van der Waals surface area contributed by atoms with E-state index in [-0.39, 0.29) is 0 Å². The molecule has 1 aromatic rings. The standard InChI is InChI=1S/C7H9Cl2ISSi/c8-12(9,6-2-4-10)7-3-1-5-11-7/h1,3,5H,2,4,6H2. The van der Waals surface area contributed by atoms with E-state index < -0.39 is 6.69 Å². The molecule has 1 heterocycles. The van der Waals surface area contributed by atoms with Crippen molar-refractivity contribution in [2.45, 2.75) is 12.5 Å². The van der Waals surface area contributed by atoms with Crippen LogP contribution < -0.4 is 4.50 Å². The van der Waals surface area contributed by atoms with Crippen LogP contribution in [-0.4, -0.2) is 11.1 Å². The van der Waals surface area contributed by atoms with Crippen molar-refractivity contribution in [3.8, 4) is 0 Å². The van der Waals surface area contributed by atoms with Crippen LogP contribution in [0.2, 0.25) is 6.04 Å². The highest BCUT2D eigenvalue weighted by molar-refractivity contribution is 14.1. The minimum atomic E-state index is -2.09. The first-order chi connectivity index (χ1) is 5.67. The van der Waals surface area contributed by atoms with Gasteiger partial charge < -0.3 is 0 Å². The Kier molecular flexibility index (Phi) is 4.89. The first kappa shape index (κ1) is 11.3. The van der Waals surface area contributed by atoms with Gasteiger partial charge in [-0.15, -0.1) is 22.2 Å². The lowest BCUT2D eigenvalue weighted by Crippen LogP contribution is -2.33. The summed E-state index contributed by atoms with van der Waals surface area (Å²) in [6.07, 6.45) is 1.12. The molecule has 12 heavy (non-hydrogen) atoms. The normalized spacial score (nSPS) is 11.9. The van der Waals surface area contributed by atoms with E-state index in [4.69, 9.17) is 22.2 Å². The molecule has 0 radical (unpaired) electrons. The van der Waals surface area contributed by atoms with Crippen molar-refractivity contribution in [2.24, 2.45) is 0 Å². The Morgan fingerprint density at radius 3 is 2.75 bits per heavy atom. The summed E-state index contributed by atoms with van der Waals surface area (Å²) in [7, 11) is 0. The van der Waals surface area contributed by atoms with Crippen molar-refractivity contribution in [1.82, 2.24) is 0 Å². The zero-order valence-electron chi connectivity index (χ0n) is 6.40. The van der Waals surface area contributed by atoms with Gasteiger partial charge in [-0.2, -0.15) is 11.3 Å². The number of rotatable bonds is 4. The second kappa shape index (κ2) is 5.19. The molecule has 0 saturated carbocycles. The van der Waals surface area contributed by atoms with Crippen molar-refractivity contribution in [3.63, 3.8) is 0 Å². The first-order valence-electron chi connectivity index (χ1n) is 3.64. The summed E-state index contributed by atoms with van der Waals surface area (Å²) in [5.41, 5.74) is 0. The molecule has 0 aliphatic rings. The highest BCUT2D eigenvalue weighted by Gasteiger charge is 2.30. The number of hydrogen-bond acceptors (Lipinski definition) is 1. The van der Waals surface area contributed by atoms with Gasteiger partial charge in [-0.25, -0.2) is 0 Å². The van der Waals surface area contributed by atoms with E-state index in [0.717, 1.165) is 16.9 Å².